The standard InChI is InChI=1S/C22H20ClNO5S/c1-4-29-22(26)19-20(25)18(11-13-8-9-16(27-2)17(10-13)28-3)30-21(19)24-15-7-5-6-14(23)12-15/h5-12,25H,4H2,1-3H3/b18-11-,24-21?. The number of nitrogens with zero attached hydrogens (tertiary/aromatic N) is 1. The molecule has 0 radical (unpaired) electrons. The first kappa shape index (κ1) is 21.8. The molecule has 0 unspecified atom stereocenters. The Bertz CT molecular complexity index is 1060. The number of rotatable bonds is 6. The molecule has 3 rings (SSSR count). The molecule has 0 aromatic heterocycles. The molecule has 1 heterocycles. The fraction of sp³-hybridized carbons (Fsp3) is 0.182. The number of carbonyl (C=O) groups is 1. The summed E-state index contributed by atoms with van der Waals surface area (Å²) in [5.41, 5.74) is 1.34. The molecule has 156 valence electrons. The molecule has 6 nitrogen and oxygen atoms in total. The predicted molar refractivity (Wildman–Crippen MR) is 120 cm³/mol. The zero-order valence-electron chi connectivity index (χ0n) is 16.6. The summed E-state index contributed by atoms with van der Waals surface area (Å²) < 4.78 is 15.7. The summed E-state index contributed by atoms with van der Waals surface area (Å²) in [7, 11) is 3.10. The summed E-state index contributed by atoms with van der Waals surface area (Å²) in [5.74, 6) is 0.318. The van der Waals surface area contributed by atoms with Crippen LogP contribution in [-0.2, 0) is 9.53 Å². The van der Waals surface area contributed by atoms with Crippen LogP contribution in [0.4, 0.5) is 5.69 Å². The van der Waals surface area contributed by atoms with Crippen LogP contribution in [0.25, 0.3) is 6.08 Å². The minimum Gasteiger partial charge on any atom is -0.506 e. The van der Waals surface area contributed by atoms with Gasteiger partial charge in [0.05, 0.1) is 31.4 Å². The lowest BCUT2D eigenvalue weighted by Gasteiger charge is -2.08. The van der Waals surface area contributed by atoms with Crippen LogP contribution in [0.2, 0.25) is 5.02 Å². The number of hydrogen-bond donors (Lipinski definition) is 1. The van der Waals surface area contributed by atoms with Gasteiger partial charge in [0.2, 0.25) is 0 Å². The van der Waals surface area contributed by atoms with Crippen molar-refractivity contribution in [2.45, 2.75) is 6.92 Å². The van der Waals surface area contributed by atoms with Gasteiger partial charge in [-0.05, 0) is 48.9 Å². The van der Waals surface area contributed by atoms with Gasteiger partial charge in [0.1, 0.15) is 16.4 Å². The molecule has 1 N–H and O–H groups in total. The summed E-state index contributed by atoms with van der Waals surface area (Å²) in [5, 5.41) is 11.6. The second-order valence-electron chi connectivity index (χ2n) is 6.07. The van der Waals surface area contributed by atoms with Crippen LogP contribution >= 0.6 is 23.4 Å². The Morgan fingerprint density at radius 2 is 1.93 bits per heavy atom. The van der Waals surface area contributed by atoms with E-state index >= 15 is 0 Å². The lowest BCUT2D eigenvalue weighted by atomic mass is 10.1. The van der Waals surface area contributed by atoms with Crippen LogP contribution in [0.1, 0.15) is 12.5 Å². The summed E-state index contributed by atoms with van der Waals surface area (Å²) in [6.45, 7) is 1.88. The van der Waals surface area contributed by atoms with Gasteiger partial charge in [-0.15, -0.1) is 0 Å². The highest BCUT2D eigenvalue weighted by atomic mass is 35.5. The van der Waals surface area contributed by atoms with Crippen LogP contribution in [0.5, 0.6) is 11.5 Å². The molecule has 1 aliphatic heterocycles. The van der Waals surface area contributed by atoms with Crippen molar-refractivity contribution in [3.05, 3.63) is 69.3 Å². The first-order valence-corrected chi connectivity index (χ1v) is 10.2. The molecule has 1 aliphatic rings. The van der Waals surface area contributed by atoms with Crippen molar-refractivity contribution in [2.75, 3.05) is 20.8 Å². The van der Waals surface area contributed by atoms with E-state index in [1.54, 1.807) is 63.6 Å². The second kappa shape index (κ2) is 9.73. The van der Waals surface area contributed by atoms with Gasteiger partial charge in [-0.3, -0.25) is 0 Å². The number of benzene rings is 2. The molecular formula is C22H20ClNO5S. The van der Waals surface area contributed by atoms with Crippen LogP contribution in [0.3, 0.4) is 0 Å². The molecule has 0 atom stereocenters. The number of esters is 1. The average Bonchev–Trinajstić information content (AvgIpc) is 3.02. The smallest absolute Gasteiger partial charge is 0.344 e. The van der Waals surface area contributed by atoms with Crippen molar-refractivity contribution in [2.24, 2.45) is 4.99 Å². The lowest BCUT2D eigenvalue weighted by molar-refractivity contribution is -0.138. The number of hydrogen-bond acceptors (Lipinski definition) is 7. The van der Waals surface area contributed by atoms with E-state index in [9.17, 15) is 9.90 Å². The Hall–Kier alpha value is -2.90. The number of methoxy groups -OCH3 is 2. The summed E-state index contributed by atoms with van der Waals surface area (Å²) in [4.78, 5) is 17.4. The molecule has 0 spiro atoms. The molecule has 0 bridgehead atoms. The minimum atomic E-state index is -0.640. The summed E-state index contributed by atoms with van der Waals surface area (Å²) in [6.07, 6.45) is 1.74. The second-order valence-corrected chi connectivity index (χ2v) is 7.53. The van der Waals surface area contributed by atoms with E-state index in [1.165, 1.54) is 11.8 Å². The van der Waals surface area contributed by atoms with E-state index < -0.39 is 5.97 Å². The highest BCUT2D eigenvalue weighted by Gasteiger charge is 2.33. The third-order valence-corrected chi connectivity index (χ3v) is 5.37. The van der Waals surface area contributed by atoms with Crippen molar-refractivity contribution in [1.29, 1.82) is 0 Å². The maximum absolute atomic E-state index is 12.5. The number of ether oxygens (including phenoxy) is 3. The molecule has 30 heavy (non-hydrogen) atoms. The van der Waals surface area contributed by atoms with E-state index in [0.29, 0.717) is 32.2 Å². The largest absolute Gasteiger partial charge is 0.506 e. The molecule has 0 saturated heterocycles. The Balaban J connectivity index is 2.04. The van der Waals surface area contributed by atoms with Crippen molar-refractivity contribution in [1.82, 2.24) is 0 Å². The summed E-state index contributed by atoms with van der Waals surface area (Å²) >= 11 is 7.21. The zero-order chi connectivity index (χ0) is 21.7. The molecule has 8 heteroatoms. The zero-order valence-corrected chi connectivity index (χ0v) is 18.2. The van der Waals surface area contributed by atoms with E-state index in [0.717, 1.165) is 5.56 Å². The van der Waals surface area contributed by atoms with Gasteiger partial charge in [0.25, 0.3) is 0 Å². The van der Waals surface area contributed by atoms with E-state index in [-0.39, 0.29) is 17.9 Å². The van der Waals surface area contributed by atoms with Crippen molar-refractivity contribution >= 4 is 46.1 Å². The topological polar surface area (TPSA) is 77.4 Å². The van der Waals surface area contributed by atoms with Crippen molar-refractivity contribution in [3.8, 4) is 11.5 Å². The van der Waals surface area contributed by atoms with E-state index in [4.69, 9.17) is 25.8 Å². The van der Waals surface area contributed by atoms with Gasteiger partial charge < -0.3 is 19.3 Å². The molecule has 0 aliphatic carbocycles. The van der Waals surface area contributed by atoms with Crippen molar-refractivity contribution in [3.63, 3.8) is 0 Å². The highest BCUT2D eigenvalue weighted by Crippen LogP contribution is 2.41. The number of aliphatic hydroxyl groups excluding tert-OH is 1. The van der Waals surface area contributed by atoms with Gasteiger partial charge in [0.15, 0.2) is 11.5 Å². The van der Waals surface area contributed by atoms with E-state index in [2.05, 4.69) is 4.99 Å². The average molecular weight is 446 g/mol. The Morgan fingerprint density at radius 1 is 1.17 bits per heavy atom. The highest BCUT2D eigenvalue weighted by molar-refractivity contribution is 8.18. The first-order valence-electron chi connectivity index (χ1n) is 9.03. The van der Waals surface area contributed by atoms with E-state index in [1.807, 2.05) is 6.07 Å². The van der Waals surface area contributed by atoms with Crippen LogP contribution in [0, 0.1) is 0 Å². The third-order valence-electron chi connectivity index (χ3n) is 4.11. The van der Waals surface area contributed by atoms with Crippen LogP contribution < -0.4 is 9.47 Å². The molecule has 0 amide bonds. The first-order chi connectivity index (χ1) is 14.5. The maximum atomic E-state index is 12.5. The fourth-order valence-electron chi connectivity index (χ4n) is 2.75. The Labute approximate surface area is 183 Å². The quantitative estimate of drug-likeness (QED) is 0.587. The number of thioether (sulfide) groups is 1. The minimum absolute atomic E-state index is 0.0218. The fourth-order valence-corrected chi connectivity index (χ4v) is 3.97. The van der Waals surface area contributed by atoms with Gasteiger partial charge in [-0.2, -0.15) is 0 Å². The number of aliphatic imine (C=N–C) groups is 1. The van der Waals surface area contributed by atoms with Gasteiger partial charge >= 0.3 is 5.97 Å². The predicted octanol–water partition coefficient (Wildman–Crippen LogP) is 5.55. The third kappa shape index (κ3) is 4.80. The molecule has 0 fully saturated rings. The SMILES string of the molecule is CCOC(=O)C1=C(O)/C(=C/c2ccc(OC)c(OC)c2)SC1=Nc1cccc(Cl)c1. The lowest BCUT2D eigenvalue weighted by Crippen LogP contribution is -2.12. The molecule has 0 saturated carbocycles. The van der Waals surface area contributed by atoms with Crippen LogP contribution in [-0.4, -0.2) is 36.9 Å². The molecular weight excluding hydrogens is 426 g/mol. The number of carbonyl (C=O) groups excluding carboxylic acids is 1. The van der Waals surface area contributed by atoms with Crippen molar-refractivity contribution < 1.29 is 24.1 Å². The normalized spacial score (nSPS) is 16.3. The maximum Gasteiger partial charge on any atom is 0.344 e. The molecule has 2 aromatic carbocycles. The van der Waals surface area contributed by atoms with Gasteiger partial charge in [0, 0.05) is 5.02 Å². The van der Waals surface area contributed by atoms with Gasteiger partial charge in [-0.1, -0.05) is 35.5 Å². The Morgan fingerprint density at radius 3 is 2.60 bits per heavy atom. The molecule has 2 aromatic rings. The summed E-state index contributed by atoms with van der Waals surface area (Å²) in [6, 6.07) is 12.3. The van der Waals surface area contributed by atoms with Gasteiger partial charge in [-0.25, -0.2) is 9.79 Å². The number of halogens is 1. The Kier molecular flexibility index (Phi) is 7.07. The van der Waals surface area contributed by atoms with Crippen LogP contribution in [0.15, 0.2) is 63.7 Å². The number of aliphatic hydroxyl groups is 1. The monoisotopic (exact) mass is 445 g/mol.